The molecule has 5 aliphatic rings. The molecular weight excluding hydrogens is 452 g/mol. The number of anilines is 1. The SMILES string of the molecule is O=C(O)c1cc(-c2ccc(N3C(=O)C4C5C=CC(C6CC56)C4C3=O)cc2)nc2ccc(Cl)cc12. The van der Waals surface area contributed by atoms with Crippen LogP contribution >= 0.6 is 11.6 Å². The molecule has 4 aliphatic carbocycles. The van der Waals surface area contributed by atoms with E-state index in [9.17, 15) is 19.5 Å². The summed E-state index contributed by atoms with van der Waals surface area (Å²) in [6.07, 6.45) is 5.46. The predicted octanol–water partition coefficient (Wildman–Crippen LogP) is 4.81. The smallest absolute Gasteiger partial charge is 0.336 e. The molecule has 2 saturated carbocycles. The van der Waals surface area contributed by atoms with Crippen molar-refractivity contribution in [2.75, 3.05) is 4.90 Å². The van der Waals surface area contributed by atoms with Gasteiger partial charge in [-0.25, -0.2) is 9.78 Å². The number of aromatic nitrogens is 1. The molecule has 2 bridgehead atoms. The number of hydrogen-bond donors (Lipinski definition) is 1. The second-order valence-corrected chi connectivity index (χ2v) is 10.2. The van der Waals surface area contributed by atoms with Crippen molar-refractivity contribution in [1.82, 2.24) is 4.98 Å². The third-order valence-electron chi connectivity index (χ3n) is 8.09. The van der Waals surface area contributed by atoms with Gasteiger partial charge in [0, 0.05) is 16.0 Å². The largest absolute Gasteiger partial charge is 0.478 e. The van der Waals surface area contributed by atoms with Crippen LogP contribution in [0.3, 0.4) is 0 Å². The van der Waals surface area contributed by atoms with E-state index in [2.05, 4.69) is 17.1 Å². The molecule has 34 heavy (non-hydrogen) atoms. The number of carbonyl (C=O) groups excluding carboxylic acids is 2. The molecule has 168 valence electrons. The summed E-state index contributed by atoms with van der Waals surface area (Å²) in [5.41, 5.74) is 2.38. The Morgan fingerprint density at radius 3 is 2.21 bits per heavy atom. The number of carboxylic acid groups (broad SMARTS) is 1. The highest BCUT2D eigenvalue weighted by molar-refractivity contribution is 6.31. The third-order valence-corrected chi connectivity index (χ3v) is 8.32. The van der Waals surface area contributed by atoms with Gasteiger partial charge in [0.1, 0.15) is 0 Å². The van der Waals surface area contributed by atoms with Crippen molar-refractivity contribution in [2.24, 2.45) is 35.5 Å². The maximum absolute atomic E-state index is 13.3. The maximum atomic E-state index is 13.3. The van der Waals surface area contributed by atoms with Gasteiger partial charge in [0.05, 0.1) is 34.3 Å². The monoisotopic (exact) mass is 470 g/mol. The van der Waals surface area contributed by atoms with Crippen LogP contribution in [0.4, 0.5) is 5.69 Å². The van der Waals surface area contributed by atoms with Crippen molar-refractivity contribution in [3.05, 3.63) is 71.3 Å². The molecule has 0 spiro atoms. The highest BCUT2D eigenvalue weighted by Gasteiger charge is 2.67. The topological polar surface area (TPSA) is 87.6 Å². The summed E-state index contributed by atoms with van der Waals surface area (Å²) < 4.78 is 0. The summed E-state index contributed by atoms with van der Waals surface area (Å²) in [6.45, 7) is 0. The van der Waals surface area contributed by atoms with Crippen LogP contribution in [0.25, 0.3) is 22.2 Å². The molecule has 1 saturated heterocycles. The van der Waals surface area contributed by atoms with Gasteiger partial charge >= 0.3 is 5.97 Å². The van der Waals surface area contributed by atoms with Gasteiger partial charge < -0.3 is 5.11 Å². The van der Waals surface area contributed by atoms with Gasteiger partial charge in [0.2, 0.25) is 11.8 Å². The van der Waals surface area contributed by atoms with E-state index in [1.807, 2.05) is 0 Å². The summed E-state index contributed by atoms with van der Waals surface area (Å²) in [4.78, 5) is 44.5. The molecule has 1 N–H and O–H groups in total. The summed E-state index contributed by atoms with van der Waals surface area (Å²) in [6, 6.07) is 13.5. The number of amides is 2. The Labute approximate surface area is 199 Å². The van der Waals surface area contributed by atoms with Crippen molar-refractivity contribution in [3.63, 3.8) is 0 Å². The lowest BCUT2D eigenvalue weighted by Crippen LogP contribution is -2.40. The van der Waals surface area contributed by atoms with E-state index >= 15 is 0 Å². The zero-order valence-corrected chi connectivity index (χ0v) is 18.6. The Morgan fingerprint density at radius 1 is 0.941 bits per heavy atom. The number of carboxylic acids is 1. The lowest BCUT2D eigenvalue weighted by molar-refractivity contribution is -0.124. The van der Waals surface area contributed by atoms with Gasteiger partial charge in [-0.3, -0.25) is 14.5 Å². The normalized spacial score (nSPS) is 30.6. The Hall–Kier alpha value is -3.51. The molecule has 0 radical (unpaired) electrons. The summed E-state index contributed by atoms with van der Waals surface area (Å²) in [7, 11) is 0. The minimum atomic E-state index is -1.07. The summed E-state index contributed by atoms with van der Waals surface area (Å²) in [5, 5.41) is 10.6. The lowest BCUT2D eigenvalue weighted by Gasteiger charge is -2.37. The third kappa shape index (κ3) is 2.63. The standard InChI is InChI=1S/C27H19ClN2O4/c28-13-3-8-21-19(9-13)20(27(33)34)11-22(29-21)12-1-4-14(5-2-12)30-25(31)23-15-6-7-16(18-10-17(15)18)24(23)26(30)32/h1-9,11,15-18,23-24H,10H2,(H,33,34). The quantitative estimate of drug-likeness (QED) is 0.438. The van der Waals surface area contributed by atoms with Crippen molar-refractivity contribution in [2.45, 2.75) is 6.42 Å². The Kier molecular flexibility index (Phi) is 3.96. The number of allylic oxidation sites excluding steroid dienone is 2. The Morgan fingerprint density at radius 2 is 1.59 bits per heavy atom. The second-order valence-electron chi connectivity index (χ2n) is 9.74. The van der Waals surface area contributed by atoms with Crippen LogP contribution in [0.2, 0.25) is 5.02 Å². The van der Waals surface area contributed by atoms with Gasteiger partial charge in [-0.05, 0) is 66.5 Å². The molecule has 2 aromatic carbocycles. The first kappa shape index (κ1) is 19.9. The van der Waals surface area contributed by atoms with Crippen LogP contribution in [0.15, 0.2) is 60.7 Å². The summed E-state index contributed by atoms with van der Waals surface area (Å²) in [5.74, 6) is -0.237. The molecule has 1 aliphatic heterocycles. The molecule has 6 unspecified atom stereocenters. The van der Waals surface area contributed by atoms with Gasteiger partial charge in [0.15, 0.2) is 0 Å². The number of fused-ring (bicyclic) bond motifs is 1. The number of hydrogen-bond acceptors (Lipinski definition) is 4. The highest BCUT2D eigenvalue weighted by Crippen LogP contribution is 2.65. The van der Waals surface area contributed by atoms with E-state index in [1.54, 1.807) is 42.5 Å². The highest BCUT2D eigenvalue weighted by atomic mass is 35.5. The first-order valence-corrected chi connectivity index (χ1v) is 11.8. The number of halogens is 1. The number of nitrogens with zero attached hydrogens (tertiary/aromatic N) is 2. The lowest BCUT2D eigenvalue weighted by atomic mass is 9.63. The predicted molar refractivity (Wildman–Crippen MR) is 126 cm³/mol. The van der Waals surface area contributed by atoms with E-state index < -0.39 is 5.97 Å². The van der Waals surface area contributed by atoms with Crippen LogP contribution in [0.5, 0.6) is 0 Å². The maximum Gasteiger partial charge on any atom is 0.336 e. The number of benzene rings is 2. The molecular formula is C27H19ClN2O4. The van der Waals surface area contributed by atoms with E-state index in [0.717, 1.165) is 6.42 Å². The first-order valence-electron chi connectivity index (χ1n) is 11.4. The Balaban J connectivity index is 1.24. The number of carbonyl (C=O) groups is 3. The fraction of sp³-hybridized carbons (Fsp3) is 0.259. The minimum Gasteiger partial charge on any atom is -0.478 e. The fourth-order valence-electron chi connectivity index (χ4n) is 6.52. The van der Waals surface area contributed by atoms with Gasteiger partial charge in [-0.2, -0.15) is 0 Å². The molecule has 6 atom stereocenters. The van der Waals surface area contributed by atoms with Gasteiger partial charge in [0.25, 0.3) is 0 Å². The zero-order chi connectivity index (χ0) is 23.3. The molecule has 6 nitrogen and oxygen atoms in total. The van der Waals surface area contributed by atoms with E-state index in [1.165, 1.54) is 11.0 Å². The van der Waals surface area contributed by atoms with Crippen LogP contribution in [0.1, 0.15) is 16.8 Å². The average Bonchev–Trinajstić information content (AvgIpc) is 3.61. The van der Waals surface area contributed by atoms with E-state index in [0.29, 0.717) is 44.7 Å². The van der Waals surface area contributed by atoms with Crippen molar-refractivity contribution in [1.29, 1.82) is 0 Å². The molecule has 3 fully saturated rings. The number of aromatic carboxylic acids is 1. The number of rotatable bonds is 3. The van der Waals surface area contributed by atoms with Crippen LogP contribution in [-0.2, 0) is 9.59 Å². The molecule has 8 rings (SSSR count). The number of imide groups is 1. The van der Waals surface area contributed by atoms with Crippen LogP contribution in [-0.4, -0.2) is 27.9 Å². The first-order chi connectivity index (χ1) is 16.4. The van der Waals surface area contributed by atoms with Crippen LogP contribution < -0.4 is 4.90 Å². The molecule has 3 aromatic rings. The number of pyridine rings is 1. The minimum absolute atomic E-state index is 0.0960. The van der Waals surface area contributed by atoms with Crippen molar-refractivity contribution < 1.29 is 19.5 Å². The van der Waals surface area contributed by atoms with Gasteiger partial charge in [-0.1, -0.05) is 35.9 Å². The molecule has 1 aromatic heterocycles. The average molecular weight is 471 g/mol. The second kappa shape index (κ2) is 6.76. The zero-order valence-electron chi connectivity index (χ0n) is 17.9. The van der Waals surface area contributed by atoms with E-state index in [4.69, 9.17) is 11.6 Å². The summed E-state index contributed by atoms with van der Waals surface area (Å²) >= 11 is 6.05. The van der Waals surface area contributed by atoms with Crippen molar-refractivity contribution >= 4 is 46.0 Å². The molecule has 2 amide bonds. The van der Waals surface area contributed by atoms with Crippen molar-refractivity contribution in [3.8, 4) is 11.3 Å². The molecule has 2 heterocycles. The molecule has 7 heteroatoms. The fourth-order valence-corrected chi connectivity index (χ4v) is 6.69. The van der Waals surface area contributed by atoms with E-state index in [-0.39, 0.29) is 41.0 Å². The van der Waals surface area contributed by atoms with Gasteiger partial charge in [-0.15, -0.1) is 0 Å². The van der Waals surface area contributed by atoms with Crippen LogP contribution in [0, 0.1) is 35.5 Å². The Bertz CT molecular complexity index is 1430.